The Bertz CT molecular complexity index is 3070. The SMILES string of the molecule is C[C@@H]1CC2=I[C@H]2C2=C1c1c(sc3ccc4ccccc4c13)[C@H]1CC2c2ccccc2N1c1nc2ccccc2nc1-c1cccc2c1Sc1ccccc1S2. The van der Waals surface area contributed by atoms with E-state index in [1.165, 1.54) is 68.6 Å². The molecule has 6 aromatic carbocycles. The number of hydrogen-bond donors (Lipinski definition) is 0. The number of anilines is 2. The van der Waals surface area contributed by atoms with E-state index in [2.05, 4.69) is 139 Å². The van der Waals surface area contributed by atoms with E-state index in [0.29, 0.717) is 11.8 Å². The van der Waals surface area contributed by atoms with Gasteiger partial charge in [0, 0.05) is 57.3 Å². The van der Waals surface area contributed by atoms with Crippen LogP contribution in [0.3, 0.4) is 0 Å². The Balaban J connectivity index is 1.12. The Labute approximate surface area is 341 Å². The number of allylic oxidation sites excluding steroid dienone is 2. The Morgan fingerprint density at radius 3 is 2.40 bits per heavy atom. The first-order chi connectivity index (χ1) is 27.2. The number of fused-ring (bicyclic) bond motifs is 14. The summed E-state index contributed by atoms with van der Waals surface area (Å²) in [5, 5.41) is 4.17. The van der Waals surface area contributed by atoms with Crippen molar-refractivity contribution in [2.45, 2.75) is 55.2 Å². The molecule has 1 unspecified atom stereocenters. The number of benzene rings is 6. The van der Waals surface area contributed by atoms with Crippen LogP contribution in [0.5, 0.6) is 0 Å². The molecule has 0 amide bonds. The summed E-state index contributed by atoms with van der Waals surface area (Å²) < 4.78 is 3.99. The van der Waals surface area contributed by atoms with Gasteiger partial charge in [-0.1, -0.05) is 115 Å². The summed E-state index contributed by atoms with van der Waals surface area (Å²) in [6, 6.07) is 47.2. The molecule has 0 N–H and O–H groups in total. The fraction of sp³-hybridized carbons (Fsp3) is 0.146. The number of aromatic nitrogens is 2. The second-order valence-corrected chi connectivity index (χ2v) is 21.8. The van der Waals surface area contributed by atoms with E-state index >= 15 is 0 Å². The van der Waals surface area contributed by atoms with Crippen molar-refractivity contribution in [3.8, 4) is 11.3 Å². The van der Waals surface area contributed by atoms with Crippen molar-refractivity contribution >= 4 is 108 Å². The predicted octanol–water partition coefficient (Wildman–Crippen LogP) is 14.0. The van der Waals surface area contributed by atoms with E-state index in [0.717, 1.165) is 38.5 Å². The van der Waals surface area contributed by atoms with Crippen molar-refractivity contribution < 1.29 is 0 Å². The quantitative estimate of drug-likeness (QED) is 0.127. The van der Waals surface area contributed by atoms with Gasteiger partial charge in [-0.05, 0) is 92.2 Å². The summed E-state index contributed by atoms with van der Waals surface area (Å²) in [5.74, 6) is 1.87. The lowest BCUT2D eigenvalue weighted by atomic mass is 9.73. The van der Waals surface area contributed by atoms with Crippen LogP contribution in [0.25, 0.3) is 48.7 Å². The lowest BCUT2D eigenvalue weighted by Gasteiger charge is -2.42. The molecule has 0 spiro atoms. The van der Waals surface area contributed by atoms with Crippen molar-refractivity contribution in [2.24, 2.45) is 5.92 Å². The van der Waals surface area contributed by atoms with Crippen molar-refractivity contribution in [2.75, 3.05) is 4.90 Å². The highest BCUT2D eigenvalue weighted by atomic mass is 127. The molecule has 5 aliphatic rings. The Kier molecular flexibility index (Phi) is 6.88. The van der Waals surface area contributed by atoms with E-state index in [1.807, 2.05) is 38.4 Å². The fourth-order valence-corrected chi connectivity index (χ4v) is 16.9. The molecule has 8 aromatic rings. The minimum atomic E-state index is 0.101. The smallest absolute Gasteiger partial charge is 0.161 e. The monoisotopic (exact) mass is 873 g/mol. The second-order valence-electron chi connectivity index (χ2n) is 15.3. The van der Waals surface area contributed by atoms with Crippen LogP contribution in [0.4, 0.5) is 11.5 Å². The number of thiophene rings is 1. The third-order valence-electron chi connectivity index (χ3n) is 12.2. The Hall–Kier alpha value is -4.28. The molecule has 0 saturated heterocycles. The topological polar surface area (TPSA) is 29.0 Å². The summed E-state index contributed by atoms with van der Waals surface area (Å²) in [5.41, 5.74) is 11.7. The molecule has 13 rings (SSSR count). The zero-order valence-electron chi connectivity index (χ0n) is 29.8. The van der Waals surface area contributed by atoms with Crippen LogP contribution in [0.2, 0.25) is 0 Å². The minimum absolute atomic E-state index is 0.101. The zero-order valence-corrected chi connectivity index (χ0v) is 34.4. The molecule has 7 heteroatoms. The van der Waals surface area contributed by atoms with Crippen molar-refractivity contribution in [1.82, 2.24) is 9.97 Å². The molecular formula is C48H32IN3S3. The van der Waals surface area contributed by atoms with Gasteiger partial charge < -0.3 is 4.90 Å². The summed E-state index contributed by atoms with van der Waals surface area (Å²) >= 11 is 5.87. The molecule has 2 aromatic heterocycles. The molecule has 4 atom stereocenters. The number of halogens is 1. The van der Waals surface area contributed by atoms with E-state index < -0.39 is 0 Å². The van der Waals surface area contributed by atoms with Crippen LogP contribution < -0.4 is 4.90 Å². The molecular weight excluding hydrogens is 842 g/mol. The standard InChI is InChI=1S/C48H32IN3S3/c1-25-23-31-44(49-31)42-30-24-35(47-43(40(25)42)41-27-12-3-2-11-26(27)21-22-38(41)55-47)52(34-17-7-4-13-28(30)34)48-45(50-32-15-5-6-16-33(32)51-48)29-14-10-20-39-46(29)54-37-19-9-8-18-36(37)53-39/h2-22,25,30,35,44H,23-24H2,1H3/t25-,30?,35-,44-/m1/s1. The van der Waals surface area contributed by atoms with Crippen molar-refractivity contribution in [3.05, 3.63) is 149 Å². The summed E-state index contributed by atoms with van der Waals surface area (Å²) in [4.78, 5) is 20.6. The first-order valence-corrected chi connectivity index (χ1v) is 23.9. The van der Waals surface area contributed by atoms with Gasteiger partial charge in [-0.25, -0.2) is 9.97 Å². The van der Waals surface area contributed by atoms with Crippen LogP contribution in [-0.2, 0) is 0 Å². The van der Waals surface area contributed by atoms with Gasteiger partial charge in [0.05, 0.1) is 21.0 Å². The molecule has 2 bridgehead atoms. The van der Waals surface area contributed by atoms with E-state index in [4.69, 9.17) is 9.97 Å². The highest BCUT2D eigenvalue weighted by Gasteiger charge is 2.50. The average Bonchev–Trinajstić information content (AvgIpc) is 3.92. The normalized spacial score (nSPS) is 21.8. The summed E-state index contributed by atoms with van der Waals surface area (Å²) in [7, 11) is 0. The highest BCUT2D eigenvalue weighted by Crippen LogP contribution is 2.65. The maximum atomic E-state index is 5.69. The molecule has 0 radical (unpaired) electrons. The number of para-hydroxylation sites is 3. The molecule has 0 fully saturated rings. The van der Waals surface area contributed by atoms with Crippen LogP contribution in [0.15, 0.2) is 153 Å². The van der Waals surface area contributed by atoms with E-state index in [1.54, 1.807) is 11.1 Å². The Morgan fingerprint density at radius 1 is 0.727 bits per heavy atom. The van der Waals surface area contributed by atoms with Crippen LogP contribution in [-0.4, -0.2) is 17.4 Å². The van der Waals surface area contributed by atoms with Gasteiger partial charge in [0.25, 0.3) is 0 Å². The van der Waals surface area contributed by atoms with Gasteiger partial charge in [-0.3, -0.25) is 0 Å². The predicted molar refractivity (Wildman–Crippen MR) is 241 cm³/mol. The van der Waals surface area contributed by atoms with Gasteiger partial charge in [-0.2, -0.15) is 0 Å². The average molecular weight is 874 g/mol. The van der Waals surface area contributed by atoms with Gasteiger partial charge in [-0.15, -0.1) is 32.1 Å². The summed E-state index contributed by atoms with van der Waals surface area (Å²) in [6.07, 6.45) is 2.31. The third-order valence-corrected chi connectivity index (χ3v) is 19.4. The molecule has 264 valence electrons. The summed E-state index contributed by atoms with van der Waals surface area (Å²) in [6.45, 7) is 2.53. The molecule has 1 aliphatic carbocycles. The maximum absolute atomic E-state index is 5.69. The molecule has 0 saturated carbocycles. The molecule has 6 heterocycles. The van der Waals surface area contributed by atoms with Crippen molar-refractivity contribution in [1.29, 1.82) is 0 Å². The van der Waals surface area contributed by atoms with Gasteiger partial charge >= 0.3 is 0 Å². The lowest BCUT2D eigenvalue weighted by molar-refractivity contribution is 0.554. The fourth-order valence-electron chi connectivity index (χ4n) is 9.92. The highest BCUT2D eigenvalue weighted by molar-refractivity contribution is 14.2. The van der Waals surface area contributed by atoms with Crippen LogP contribution in [0.1, 0.15) is 47.7 Å². The molecule has 55 heavy (non-hydrogen) atoms. The zero-order chi connectivity index (χ0) is 35.9. The molecule has 4 aliphatic heterocycles. The number of rotatable bonds is 2. The number of hydrogen-bond acceptors (Lipinski definition) is 6. The van der Waals surface area contributed by atoms with E-state index in [9.17, 15) is 0 Å². The van der Waals surface area contributed by atoms with Gasteiger partial charge in [0.15, 0.2) is 5.82 Å². The largest absolute Gasteiger partial charge is 0.316 e. The first kappa shape index (κ1) is 31.9. The van der Waals surface area contributed by atoms with Gasteiger partial charge in [0.1, 0.15) is 5.69 Å². The number of alkyl halides is 1. The van der Waals surface area contributed by atoms with Crippen LogP contribution in [0, 0.1) is 5.92 Å². The van der Waals surface area contributed by atoms with Crippen LogP contribution >= 0.6 is 55.6 Å². The third kappa shape index (κ3) is 4.61. The Morgan fingerprint density at radius 2 is 1.49 bits per heavy atom. The second kappa shape index (κ2) is 11.9. The number of nitrogens with zero attached hydrogens (tertiary/aromatic N) is 3. The minimum Gasteiger partial charge on any atom is -0.316 e. The van der Waals surface area contributed by atoms with Crippen molar-refractivity contribution in [3.63, 3.8) is 0 Å². The first-order valence-electron chi connectivity index (χ1n) is 19.1. The lowest BCUT2D eigenvalue weighted by Crippen LogP contribution is -2.33. The van der Waals surface area contributed by atoms with Gasteiger partial charge in [0.2, 0.25) is 0 Å². The molecule has 3 nitrogen and oxygen atoms in total. The van der Waals surface area contributed by atoms with E-state index in [-0.39, 0.29) is 26.8 Å². The maximum Gasteiger partial charge on any atom is 0.161 e.